The number of furan rings is 1. The molecule has 1 aliphatic rings. The van der Waals surface area contributed by atoms with Gasteiger partial charge in [-0.3, -0.25) is 9.59 Å². The van der Waals surface area contributed by atoms with Gasteiger partial charge in [0.2, 0.25) is 5.79 Å². The van der Waals surface area contributed by atoms with E-state index in [9.17, 15) is 9.59 Å². The summed E-state index contributed by atoms with van der Waals surface area (Å²) < 4.78 is 21.2. The van der Waals surface area contributed by atoms with E-state index in [1.54, 1.807) is 26.2 Å². The van der Waals surface area contributed by atoms with Gasteiger partial charge in [-0.2, -0.15) is 0 Å². The smallest absolute Gasteiger partial charge is 0.306 e. The molecule has 7 heteroatoms. The summed E-state index contributed by atoms with van der Waals surface area (Å²) in [5, 5.41) is 1.05. The minimum absolute atomic E-state index is 0.00156. The van der Waals surface area contributed by atoms with E-state index < -0.39 is 11.8 Å². The molecule has 0 spiro atoms. The molecule has 0 saturated carbocycles. The molecule has 3 heterocycles. The zero-order chi connectivity index (χ0) is 20.4. The van der Waals surface area contributed by atoms with Crippen molar-refractivity contribution in [3.8, 4) is 11.1 Å². The lowest BCUT2D eigenvalue weighted by Crippen LogP contribution is -2.21. The Hall–Kier alpha value is -3.48. The number of carbonyl (C=O) groups is 2. The van der Waals surface area contributed by atoms with E-state index in [0.29, 0.717) is 5.76 Å². The zero-order valence-electron chi connectivity index (χ0n) is 16.2. The first-order chi connectivity index (χ1) is 13.9. The minimum Gasteiger partial charge on any atom is -0.461 e. The number of esters is 1. The van der Waals surface area contributed by atoms with Crippen LogP contribution in [-0.4, -0.2) is 29.1 Å². The molecule has 0 fully saturated rings. The molecule has 1 N–H and O–H groups in total. The number of carbonyl (C=O) groups excluding carboxylic acids is 2. The second kappa shape index (κ2) is 7.50. The molecule has 0 atom stereocenters. The second-order valence-electron chi connectivity index (χ2n) is 7.24. The van der Waals surface area contributed by atoms with Crippen LogP contribution in [0.1, 0.15) is 37.2 Å². The molecule has 0 amide bonds. The van der Waals surface area contributed by atoms with Crippen molar-refractivity contribution in [2.24, 2.45) is 0 Å². The van der Waals surface area contributed by atoms with Crippen LogP contribution in [0.15, 0.2) is 59.2 Å². The van der Waals surface area contributed by atoms with Crippen LogP contribution in [0.4, 0.5) is 0 Å². The fraction of sp³-hybridized carbons (Fsp3) is 0.273. The van der Waals surface area contributed by atoms with Crippen molar-refractivity contribution in [3.63, 3.8) is 0 Å². The predicted molar refractivity (Wildman–Crippen MR) is 105 cm³/mol. The SMILES string of the molecule is CC1(C)OC=C(COC(=O)CCC(=O)c2cc(-c3c[nH]c4ccccc34)co2)O1. The van der Waals surface area contributed by atoms with E-state index in [0.717, 1.165) is 22.0 Å². The van der Waals surface area contributed by atoms with Crippen molar-refractivity contribution in [3.05, 3.63) is 60.6 Å². The van der Waals surface area contributed by atoms with Crippen molar-refractivity contribution < 1.29 is 28.2 Å². The monoisotopic (exact) mass is 395 g/mol. The number of aromatic nitrogens is 1. The molecule has 0 saturated heterocycles. The van der Waals surface area contributed by atoms with Crippen LogP contribution >= 0.6 is 0 Å². The number of ketones is 1. The Morgan fingerprint density at radius 1 is 1.17 bits per heavy atom. The van der Waals surface area contributed by atoms with E-state index in [2.05, 4.69) is 4.98 Å². The molecule has 3 aromatic rings. The van der Waals surface area contributed by atoms with Gasteiger partial charge in [-0.25, -0.2) is 0 Å². The normalized spacial score (nSPS) is 14.9. The predicted octanol–water partition coefficient (Wildman–Crippen LogP) is 4.56. The topological polar surface area (TPSA) is 90.8 Å². The number of fused-ring (bicyclic) bond motifs is 1. The van der Waals surface area contributed by atoms with Gasteiger partial charge in [0.1, 0.15) is 6.26 Å². The number of hydrogen-bond donors (Lipinski definition) is 1. The van der Waals surface area contributed by atoms with Crippen molar-refractivity contribution in [2.75, 3.05) is 6.61 Å². The average molecular weight is 395 g/mol. The molecule has 1 aliphatic heterocycles. The number of H-pyrrole nitrogens is 1. The summed E-state index contributed by atoms with van der Waals surface area (Å²) in [6.45, 7) is 3.48. The van der Waals surface area contributed by atoms with Crippen molar-refractivity contribution >= 4 is 22.7 Å². The van der Waals surface area contributed by atoms with E-state index >= 15 is 0 Å². The van der Waals surface area contributed by atoms with Crippen LogP contribution in [0.3, 0.4) is 0 Å². The summed E-state index contributed by atoms with van der Waals surface area (Å²) in [4.78, 5) is 27.5. The van der Waals surface area contributed by atoms with Gasteiger partial charge in [-0.15, -0.1) is 0 Å². The Kier molecular flexibility index (Phi) is 4.88. The maximum absolute atomic E-state index is 12.4. The third-order valence-corrected chi connectivity index (χ3v) is 4.56. The van der Waals surface area contributed by atoms with E-state index in [1.165, 1.54) is 6.26 Å². The molecular weight excluding hydrogens is 374 g/mol. The number of Topliss-reactive ketones (excluding diaryl/α,β-unsaturated/α-hetero) is 1. The molecule has 4 rings (SSSR count). The Balaban J connectivity index is 1.31. The van der Waals surface area contributed by atoms with Crippen LogP contribution in [0.5, 0.6) is 0 Å². The number of nitrogens with one attached hydrogen (secondary N) is 1. The summed E-state index contributed by atoms with van der Waals surface area (Å²) >= 11 is 0. The fourth-order valence-electron chi connectivity index (χ4n) is 3.13. The molecule has 0 bridgehead atoms. The Morgan fingerprint density at radius 3 is 2.79 bits per heavy atom. The standard InChI is InChI=1S/C22H21NO6/c1-22(2)28-13-15(29-22)12-27-21(25)8-7-19(24)20-9-14(11-26-20)17-10-23-18-6-4-3-5-16(17)18/h3-6,9-11,13,23H,7-8,12H2,1-2H3. The van der Waals surface area contributed by atoms with Crippen LogP contribution in [0.2, 0.25) is 0 Å². The number of ether oxygens (including phenoxy) is 3. The molecule has 150 valence electrons. The Morgan fingerprint density at radius 2 is 2.00 bits per heavy atom. The minimum atomic E-state index is -0.751. The summed E-state index contributed by atoms with van der Waals surface area (Å²) in [6.07, 6.45) is 4.81. The van der Waals surface area contributed by atoms with Gasteiger partial charge in [0.05, 0.1) is 12.7 Å². The first-order valence-corrected chi connectivity index (χ1v) is 9.31. The van der Waals surface area contributed by atoms with Crippen LogP contribution in [0, 0.1) is 0 Å². The number of hydrogen-bond acceptors (Lipinski definition) is 6. The largest absolute Gasteiger partial charge is 0.461 e. The van der Waals surface area contributed by atoms with Crippen LogP contribution in [0.25, 0.3) is 22.0 Å². The number of benzene rings is 1. The van der Waals surface area contributed by atoms with Gasteiger partial charge in [0.15, 0.2) is 23.9 Å². The molecule has 7 nitrogen and oxygen atoms in total. The summed E-state index contributed by atoms with van der Waals surface area (Å²) in [7, 11) is 0. The van der Waals surface area contributed by atoms with E-state index in [4.69, 9.17) is 18.6 Å². The maximum Gasteiger partial charge on any atom is 0.306 e. The molecule has 0 aliphatic carbocycles. The van der Waals surface area contributed by atoms with Crippen molar-refractivity contribution in [1.82, 2.24) is 4.98 Å². The molecule has 0 unspecified atom stereocenters. The highest BCUT2D eigenvalue weighted by atomic mass is 16.7. The van der Waals surface area contributed by atoms with Gasteiger partial charge >= 0.3 is 5.97 Å². The van der Waals surface area contributed by atoms with E-state index in [1.807, 2.05) is 30.5 Å². The highest BCUT2D eigenvalue weighted by Gasteiger charge is 2.28. The Labute approximate surface area is 167 Å². The third kappa shape index (κ3) is 4.18. The van der Waals surface area contributed by atoms with Gasteiger partial charge in [0.25, 0.3) is 0 Å². The first kappa shape index (κ1) is 18.9. The van der Waals surface area contributed by atoms with Crippen LogP contribution in [-0.2, 0) is 19.0 Å². The number of para-hydroxylation sites is 1. The lowest BCUT2D eigenvalue weighted by Gasteiger charge is -2.18. The highest BCUT2D eigenvalue weighted by Crippen LogP contribution is 2.30. The molecule has 2 aromatic heterocycles. The van der Waals surface area contributed by atoms with Gasteiger partial charge in [-0.1, -0.05) is 18.2 Å². The second-order valence-corrected chi connectivity index (χ2v) is 7.24. The number of aromatic amines is 1. The molecule has 0 radical (unpaired) electrons. The summed E-state index contributed by atoms with van der Waals surface area (Å²) in [5.41, 5.74) is 2.77. The van der Waals surface area contributed by atoms with Gasteiger partial charge in [0, 0.05) is 48.5 Å². The number of rotatable bonds is 7. The quantitative estimate of drug-likeness (QED) is 0.466. The molecular formula is C22H21NO6. The third-order valence-electron chi connectivity index (χ3n) is 4.56. The first-order valence-electron chi connectivity index (χ1n) is 9.31. The van der Waals surface area contributed by atoms with E-state index in [-0.39, 0.29) is 31.0 Å². The van der Waals surface area contributed by atoms with Gasteiger partial charge in [-0.05, 0) is 12.1 Å². The van der Waals surface area contributed by atoms with Gasteiger partial charge < -0.3 is 23.6 Å². The maximum atomic E-state index is 12.4. The lowest BCUT2D eigenvalue weighted by molar-refractivity contribution is -0.147. The molecule has 29 heavy (non-hydrogen) atoms. The Bertz CT molecular complexity index is 1090. The van der Waals surface area contributed by atoms with Crippen LogP contribution < -0.4 is 0 Å². The highest BCUT2D eigenvalue weighted by molar-refractivity contribution is 5.99. The zero-order valence-corrected chi connectivity index (χ0v) is 16.2. The molecule has 1 aromatic carbocycles. The van der Waals surface area contributed by atoms with Crippen molar-refractivity contribution in [2.45, 2.75) is 32.5 Å². The fourth-order valence-corrected chi connectivity index (χ4v) is 3.13. The lowest BCUT2D eigenvalue weighted by atomic mass is 10.1. The van der Waals surface area contributed by atoms with Crippen molar-refractivity contribution in [1.29, 1.82) is 0 Å². The summed E-state index contributed by atoms with van der Waals surface area (Å²) in [5.74, 6) is -0.844. The average Bonchev–Trinajstić information content (AvgIpc) is 3.42. The summed E-state index contributed by atoms with van der Waals surface area (Å²) in [6, 6.07) is 9.59.